The normalized spacial score (nSPS) is 13.9. The Bertz CT molecular complexity index is 857. The summed E-state index contributed by atoms with van der Waals surface area (Å²) in [5, 5.41) is 4.16. The minimum absolute atomic E-state index is 0.131. The lowest BCUT2D eigenvalue weighted by Gasteiger charge is -2.19. The zero-order valence-electron chi connectivity index (χ0n) is 13.0. The summed E-state index contributed by atoms with van der Waals surface area (Å²) in [6.07, 6.45) is 0.642. The molecule has 7 nitrogen and oxygen atoms in total. The molecule has 0 unspecified atom stereocenters. The van der Waals surface area contributed by atoms with E-state index < -0.39 is 16.1 Å². The lowest BCUT2D eigenvalue weighted by Crippen LogP contribution is -2.44. The highest BCUT2D eigenvalue weighted by Gasteiger charge is 2.30. The number of nitrogens with zero attached hydrogens (tertiary/aromatic N) is 3. The van der Waals surface area contributed by atoms with E-state index in [4.69, 9.17) is 0 Å². The van der Waals surface area contributed by atoms with E-state index in [1.54, 1.807) is 12.1 Å². The second-order valence-electron chi connectivity index (χ2n) is 5.57. The van der Waals surface area contributed by atoms with Gasteiger partial charge in [0.1, 0.15) is 6.54 Å². The fourth-order valence-electron chi connectivity index (χ4n) is 2.76. The van der Waals surface area contributed by atoms with Crippen molar-refractivity contribution in [1.82, 2.24) is 14.5 Å². The molecule has 1 aromatic heterocycles. The molecule has 8 heteroatoms. The average molecular weight is 334 g/mol. The SMILES string of the molecule is Cc1cc(C)n(CC(=O)NS(=O)(=O)N2CCc3ccccc32)n1. The van der Waals surface area contributed by atoms with Gasteiger partial charge in [0.05, 0.1) is 11.4 Å². The molecule has 122 valence electrons. The molecule has 0 aliphatic carbocycles. The fraction of sp³-hybridized carbons (Fsp3) is 0.333. The topological polar surface area (TPSA) is 84.3 Å². The Hall–Kier alpha value is -2.35. The molecule has 1 aromatic carbocycles. The van der Waals surface area contributed by atoms with Gasteiger partial charge in [0, 0.05) is 12.2 Å². The van der Waals surface area contributed by atoms with E-state index in [2.05, 4.69) is 9.82 Å². The number of benzene rings is 1. The van der Waals surface area contributed by atoms with Crippen LogP contribution in [-0.2, 0) is 28.0 Å². The van der Waals surface area contributed by atoms with Crippen LogP contribution >= 0.6 is 0 Å². The summed E-state index contributed by atoms with van der Waals surface area (Å²) in [6.45, 7) is 3.84. The average Bonchev–Trinajstić information content (AvgIpc) is 3.02. The van der Waals surface area contributed by atoms with Crippen LogP contribution in [0.25, 0.3) is 0 Å². The summed E-state index contributed by atoms with van der Waals surface area (Å²) >= 11 is 0. The van der Waals surface area contributed by atoms with Gasteiger partial charge in [0.15, 0.2) is 0 Å². The molecule has 1 amide bonds. The number of anilines is 1. The summed E-state index contributed by atoms with van der Waals surface area (Å²) in [7, 11) is -3.91. The summed E-state index contributed by atoms with van der Waals surface area (Å²) in [6, 6.07) is 9.12. The van der Waals surface area contributed by atoms with Gasteiger partial charge in [-0.1, -0.05) is 18.2 Å². The van der Waals surface area contributed by atoms with E-state index in [0.29, 0.717) is 18.7 Å². The van der Waals surface area contributed by atoms with Crippen molar-refractivity contribution in [1.29, 1.82) is 0 Å². The van der Waals surface area contributed by atoms with Crippen LogP contribution in [0.5, 0.6) is 0 Å². The number of carbonyl (C=O) groups is 1. The first-order valence-corrected chi connectivity index (χ1v) is 8.73. The van der Waals surface area contributed by atoms with Gasteiger partial charge in [0.25, 0.3) is 5.91 Å². The smallest absolute Gasteiger partial charge is 0.272 e. The predicted octanol–water partition coefficient (Wildman–Crippen LogP) is 0.924. The number of aromatic nitrogens is 2. The highest BCUT2D eigenvalue weighted by molar-refractivity contribution is 7.91. The van der Waals surface area contributed by atoms with Gasteiger partial charge in [-0.25, -0.2) is 4.72 Å². The molecule has 1 N–H and O–H groups in total. The number of nitrogens with one attached hydrogen (secondary N) is 1. The largest absolute Gasteiger partial charge is 0.326 e. The van der Waals surface area contributed by atoms with Crippen molar-refractivity contribution in [2.24, 2.45) is 0 Å². The minimum atomic E-state index is -3.91. The quantitative estimate of drug-likeness (QED) is 0.901. The number of para-hydroxylation sites is 1. The first kappa shape index (κ1) is 15.5. The molecule has 0 atom stereocenters. The van der Waals surface area contributed by atoms with E-state index in [0.717, 1.165) is 17.0 Å². The van der Waals surface area contributed by atoms with Crippen LogP contribution in [0.4, 0.5) is 5.69 Å². The number of carbonyl (C=O) groups excluding carboxylic acids is 1. The molecule has 0 radical (unpaired) electrons. The fourth-order valence-corrected chi connectivity index (χ4v) is 3.99. The van der Waals surface area contributed by atoms with Crippen molar-refractivity contribution in [3.8, 4) is 0 Å². The third-order valence-electron chi connectivity index (χ3n) is 3.77. The van der Waals surface area contributed by atoms with Gasteiger partial charge in [0.2, 0.25) is 0 Å². The first-order valence-electron chi connectivity index (χ1n) is 7.29. The third-order valence-corrected chi connectivity index (χ3v) is 5.22. The number of hydrogen-bond acceptors (Lipinski definition) is 4. The van der Waals surface area contributed by atoms with Crippen molar-refractivity contribution in [3.63, 3.8) is 0 Å². The van der Waals surface area contributed by atoms with Gasteiger partial charge in [-0.3, -0.25) is 13.8 Å². The van der Waals surface area contributed by atoms with E-state index in [-0.39, 0.29) is 6.54 Å². The lowest BCUT2D eigenvalue weighted by molar-refractivity contribution is -0.120. The maximum Gasteiger partial charge on any atom is 0.326 e. The van der Waals surface area contributed by atoms with E-state index in [9.17, 15) is 13.2 Å². The molecule has 2 heterocycles. The number of aryl methyl sites for hydroxylation is 2. The first-order chi connectivity index (χ1) is 10.9. The van der Waals surface area contributed by atoms with E-state index in [1.165, 1.54) is 8.99 Å². The van der Waals surface area contributed by atoms with Gasteiger partial charge < -0.3 is 0 Å². The summed E-state index contributed by atoms with van der Waals surface area (Å²) < 4.78 is 29.7. The van der Waals surface area contributed by atoms with E-state index >= 15 is 0 Å². The third kappa shape index (κ3) is 3.07. The monoisotopic (exact) mass is 334 g/mol. The Kier molecular flexibility index (Phi) is 3.85. The molecule has 23 heavy (non-hydrogen) atoms. The van der Waals surface area contributed by atoms with Gasteiger partial charge in [-0.05, 0) is 38.0 Å². The van der Waals surface area contributed by atoms with Crippen LogP contribution in [0.2, 0.25) is 0 Å². The van der Waals surface area contributed by atoms with Gasteiger partial charge in [-0.15, -0.1) is 0 Å². The molecular formula is C15H18N4O3S. The molecule has 3 rings (SSSR count). The number of amides is 1. The molecule has 2 aromatic rings. The Balaban J connectivity index is 1.74. The molecule has 1 aliphatic rings. The second kappa shape index (κ2) is 5.69. The molecular weight excluding hydrogens is 316 g/mol. The maximum absolute atomic E-state index is 12.5. The zero-order chi connectivity index (χ0) is 16.6. The molecule has 1 aliphatic heterocycles. The zero-order valence-corrected chi connectivity index (χ0v) is 13.8. The lowest BCUT2D eigenvalue weighted by atomic mass is 10.2. The maximum atomic E-state index is 12.5. The van der Waals surface area contributed by atoms with Gasteiger partial charge >= 0.3 is 10.2 Å². The number of fused-ring (bicyclic) bond motifs is 1. The Morgan fingerprint density at radius 1 is 1.30 bits per heavy atom. The standard InChI is InChI=1S/C15H18N4O3S/c1-11-9-12(2)18(16-11)10-15(20)17-23(21,22)19-8-7-13-5-3-4-6-14(13)19/h3-6,9H,7-8,10H2,1-2H3,(H,17,20). The summed E-state index contributed by atoms with van der Waals surface area (Å²) in [5.74, 6) is -0.611. The van der Waals surface area contributed by atoms with Gasteiger partial charge in [-0.2, -0.15) is 13.5 Å². The molecule has 0 bridgehead atoms. The van der Waals surface area contributed by atoms with Crippen LogP contribution < -0.4 is 9.03 Å². The Morgan fingerprint density at radius 3 is 2.74 bits per heavy atom. The molecule has 0 saturated carbocycles. The van der Waals surface area contributed by atoms with Crippen LogP contribution in [0.1, 0.15) is 17.0 Å². The van der Waals surface area contributed by atoms with Crippen LogP contribution in [0, 0.1) is 13.8 Å². The number of rotatable bonds is 4. The Morgan fingerprint density at radius 2 is 2.04 bits per heavy atom. The molecule has 0 fully saturated rings. The minimum Gasteiger partial charge on any atom is -0.272 e. The van der Waals surface area contributed by atoms with Crippen molar-refractivity contribution in [2.75, 3.05) is 10.8 Å². The summed E-state index contributed by atoms with van der Waals surface area (Å²) in [5.41, 5.74) is 3.18. The Labute approximate surface area is 135 Å². The second-order valence-corrected chi connectivity index (χ2v) is 7.16. The van der Waals surface area contributed by atoms with Crippen LogP contribution in [0.3, 0.4) is 0 Å². The van der Waals surface area contributed by atoms with Crippen molar-refractivity contribution >= 4 is 21.8 Å². The highest BCUT2D eigenvalue weighted by atomic mass is 32.2. The summed E-state index contributed by atoms with van der Waals surface area (Å²) in [4.78, 5) is 12.1. The van der Waals surface area contributed by atoms with Crippen molar-refractivity contribution < 1.29 is 13.2 Å². The van der Waals surface area contributed by atoms with Crippen molar-refractivity contribution in [2.45, 2.75) is 26.8 Å². The number of hydrogen-bond donors (Lipinski definition) is 1. The van der Waals surface area contributed by atoms with Crippen LogP contribution in [-0.4, -0.2) is 30.7 Å². The van der Waals surface area contributed by atoms with E-state index in [1.807, 2.05) is 32.0 Å². The highest BCUT2D eigenvalue weighted by Crippen LogP contribution is 2.29. The van der Waals surface area contributed by atoms with Crippen molar-refractivity contribution in [3.05, 3.63) is 47.3 Å². The molecule has 0 spiro atoms. The van der Waals surface area contributed by atoms with Crippen LogP contribution in [0.15, 0.2) is 30.3 Å². The predicted molar refractivity (Wildman–Crippen MR) is 86.3 cm³/mol. The molecule has 0 saturated heterocycles.